The smallest absolute Gasteiger partial charge is 0.224 e. The van der Waals surface area contributed by atoms with Gasteiger partial charge in [0.05, 0.1) is 6.42 Å². The highest BCUT2D eigenvalue weighted by atomic mass is 19.1. The second-order valence-electron chi connectivity index (χ2n) is 6.66. The number of halogens is 1. The molecule has 4 heteroatoms. The molecule has 0 saturated heterocycles. The third kappa shape index (κ3) is 4.67. The lowest BCUT2D eigenvalue weighted by molar-refractivity contribution is -0.120. The summed E-state index contributed by atoms with van der Waals surface area (Å²) in [7, 11) is 0. The zero-order valence-corrected chi connectivity index (χ0v) is 14.7. The highest BCUT2D eigenvalue weighted by molar-refractivity contribution is 5.78. The summed E-state index contributed by atoms with van der Waals surface area (Å²) in [5.74, 6) is -0.289. The van der Waals surface area contributed by atoms with Crippen LogP contribution in [0.3, 0.4) is 0 Å². The van der Waals surface area contributed by atoms with Gasteiger partial charge < -0.3 is 5.32 Å². The van der Waals surface area contributed by atoms with Crippen LogP contribution in [-0.2, 0) is 24.2 Å². The van der Waals surface area contributed by atoms with Crippen molar-refractivity contribution < 1.29 is 9.18 Å². The normalized spacial score (nSPS) is 15.4. The van der Waals surface area contributed by atoms with E-state index in [1.54, 1.807) is 12.1 Å². The number of nitrogens with one attached hydrogen (secondary N) is 1. The number of benzene rings is 2. The number of carbonyl (C=O) groups excluding carboxylic acids is 1. The summed E-state index contributed by atoms with van der Waals surface area (Å²) >= 11 is 0. The van der Waals surface area contributed by atoms with Gasteiger partial charge in [0.1, 0.15) is 5.82 Å². The van der Waals surface area contributed by atoms with E-state index in [9.17, 15) is 9.18 Å². The summed E-state index contributed by atoms with van der Waals surface area (Å²) in [5.41, 5.74) is 3.66. The average molecular weight is 340 g/mol. The van der Waals surface area contributed by atoms with Crippen molar-refractivity contribution in [2.75, 3.05) is 13.1 Å². The molecule has 25 heavy (non-hydrogen) atoms. The van der Waals surface area contributed by atoms with Gasteiger partial charge in [0.2, 0.25) is 5.91 Å². The second kappa shape index (κ2) is 8.26. The van der Waals surface area contributed by atoms with Gasteiger partial charge in [-0.1, -0.05) is 43.3 Å². The Morgan fingerprint density at radius 2 is 1.88 bits per heavy atom. The van der Waals surface area contributed by atoms with E-state index in [1.165, 1.54) is 23.3 Å². The molecule has 0 radical (unpaired) electrons. The summed E-state index contributed by atoms with van der Waals surface area (Å²) in [5, 5.41) is 3.04. The van der Waals surface area contributed by atoms with E-state index >= 15 is 0 Å². The molecule has 1 atom stereocenters. The van der Waals surface area contributed by atoms with Crippen molar-refractivity contribution in [3.63, 3.8) is 0 Å². The molecule has 1 aliphatic rings. The van der Waals surface area contributed by atoms with Crippen LogP contribution >= 0.6 is 0 Å². The lowest BCUT2D eigenvalue weighted by atomic mass is 9.98. The average Bonchev–Trinajstić information content (AvgIpc) is 2.64. The molecule has 2 aromatic rings. The second-order valence-corrected chi connectivity index (χ2v) is 6.66. The van der Waals surface area contributed by atoms with E-state index in [2.05, 4.69) is 41.4 Å². The first-order valence-electron chi connectivity index (χ1n) is 8.97. The molecular formula is C21H25FN2O. The maximum atomic E-state index is 12.9. The van der Waals surface area contributed by atoms with Gasteiger partial charge in [-0.25, -0.2) is 4.39 Å². The standard InChI is InChI=1S/C21H25FN2O/c1-2-20(24-12-11-17-5-3-4-6-18(17)15-24)14-23-21(25)13-16-7-9-19(22)10-8-16/h3-10,20H,2,11-15H2,1H3,(H,23,25)/t20-/m0/s1. The molecule has 1 N–H and O–H groups in total. The zero-order chi connectivity index (χ0) is 17.6. The molecule has 0 fully saturated rings. The molecule has 3 nitrogen and oxygen atoms in total. The fourth-order valence-corrected chi connectivity index (χ4v) is 3.44. The van der Waals surface area contributed by atoms with Gasteiger partial charge in [0, 0.05) is 25.7 Å². The lowest BCUT2D eigenvalue weighted by Crippen LogP contribution is -2.46. The molecule has 2 aromatic carbocycles. The minimum atomic E-state index is -0.277. The van der Waals surface area contributed by atoms with Gasteiger partial charge in [-0.05, 0) is 41.7 Å². The number of hydrogen-bond acceptors (Lipinski definition) is 2. The van der Waals surface area contributed by atoms with Crippen LogP contribution in [0.2, 0.25) is 0 Å². The molecule has 1 aliphatic heterocycles. The van der Waals surface area contributed by atoms with Crippen molar-refractivity contribution in [1.29, 1.82) is 0 Å². The predicted octanol–water partition coefficient (Wildman–Crippen LogP) is 3.32. The van der Waals surface area contributed by atoms with Crippen molar-refractivity contribution in [2.45, 2.75) is 38.8 Å². The van der Waals surface area contributed by atoms with Crippen LogP contribution in [0.15, 0.2) is 48.5 Å². The van der Waals surface area contributed by atoms with Gasteiger partial charge in [0.15, 0.2) is 0 Å². The number of rotatable bonds is 6. The summed E-state index contributed by atoms with van der Waals surface area (Å²) < 4.78 is 12.9. The van der Waals surface area contributed by atoms with Gasteiger partial charge in [-0.15, -0.1) is 0 Å². The predicted molar refractivity (Wildman–Crippen MR) is 97.7 cm³/mol. The maximum Gasteiger partial charge on any atom is 0.224 e. The first kappa shape index (κ1) is 17.6. The van der Waals surface area contributed by atoms with Gasteiger partial charge >= 0.3 is 0 Å². The Morgan fingerprint density at radius 3 is 2.60 bits per heavy atom. The van der Waals surface area contributed by atoms with Crippen LogP contribution in [0.25, 0.3) is 0 Å². The minimum Gasteiger partial charge on any atom is -0.354 e. The molecule has 0 unspecified atom stereocenters. The Kier molecular flexibility index (Phi) is 5.82. The molecule has 132 valence electrons. The van der Waals surface area contributed by atoms with Gasteiger partial charge in [-0.3, -0.25) is 9.69 Å². The Balaban J connectivity index is 1.52. The van der Waals surface area contributed by atoms with E-state index in [-0.39, 0.29) is 11.7 Å². The molecule has 0 aliphatic carbocycles. The summed E-state index contributed by atoms with van der Waals surface area (Å²) in [6.07, 6.45) is 2.36. The zero-order valence-electron chi connectivity index (χ0n) is 14.7. The first-order valence-corrected chi connectivity index (χ1v) is 8.97. The van der Waals surface area contributed by atoms with Crippen molar-refractivity contribution in [2.24, 2.45) is 0 Å². The number of hydrogen-bond donors (Lipinski definition) is 1. The van der Waals surface area contributed by atoms with Gasteiger partial charge in [0.25, 0.3) is 0 Å². The lowest BCUT2D eigenvalue weighted by Gasteiger charge is -2.35. The quantitative estimate of drug-likeness (QED) is 0.875. The fraction of sp³-hybridized carbons (Fsp3) is 0.381. The van der Waals surface area contributed by atoms with Crippen molar-refractivity contribution in [3.05, 3.63) is 71.0 Å². The van der Waals surface area contributed by atoms with Crippen LogP contribution in [-0.4, -0.2) is 29.9 Å². The molecule has 0 saturated carbocycles. The minimum absolute atomic E-state index is 0.0116. The van der Waals surface area contributed by atoms with E-state index in [1.807, 2.05) is 0 Å². The molecule has 1 amide bonds. The van der Waals surface area contributed by atoms with Crippen LogP contribution < -0.4 is 5.32 Å². The Hall–Kier alpha value is -2.20. The monoisotopic (exact) mass is 340 g/mol. The SMILES string of the molecule is CC[C@@H](CNC(=O)Cc1ccc(F)cc1)N1CCc2ccccc2C1. The highest BCUT2D eigenvalue weighted by Gasteiger charge is 2.22. The van der Waals surface area contributed by atoms with Crippen molar-refractivity contribution >= 4 is 5.91 Å². The van der Waals surface area contributed by atoms with Crippen LogP contribution in [0.5, 0.6) is 0 Å². The molecule has 0 spiro atoms. The summed E-state index contributed by atoms with van der Waals surface area (Å²) in [4.78, 5) is 14.6. The van der Waals surface area contributed by atoms with Crippen molar-refractivity contribution in [1.82, 2.24) is 10.2 Å². The van der Waals surface area contributed by atoms with Crippen molar-refractivity contribution in [3.8, 4) is 0 Å². The van der Waals surface area contributed by atoms with E-state index in [4.69, 9.17) is 0 Å². The topological polar surface area (TPSA) is 32.3 Å². The number of nitrogens with zero attached hydrogens (tertiary/aromatic N) is 1. The van der Waals surface area contributed by atoms with E-state index < -0.39 is 0 Å². The molecule has 3 rings (SSSR count). The largest absolute Gasteiger partial charge is 0.354 e. The highest BCUT2D eigenvalue weighted by Crippen LogP contribution is 2.21. The maximum absolute atomic E-state index is 12.9. The Labute approximate surface area is 148 Å². The number of amides is 1. The van der Waals surface area contributed by atoms with Crippen LogP contribution in [0.4, 0.5) is 4.39 Å². The third-order valence-corrected chi connectivity index (χ3v) is 4.96. The Bertz CT molecular complexity index is 714. The van der Waals surface area contributed by atoms with E-state index in [0.717, 1.165) is 31.5 Å². The fourth-order valence-electron chi connectivity index (χ4n) is 3.44. The van der Waals surface area contributed by atoms with Crippen LogP contribution in [0, 0.1) is 5.82 Å². The number of fused-ring (bicyclic) bond motifs is 1. The number of carbonyl (C=O) groups is 1. The van der Waals surface area contributed by atoms with Gasteiger partial charge in [-0.2, -0.15) is 0 Å². The molecular weight excluding hydrogens is 315 g/mol. The first-order chi connectivity index (χ1) is 12.2. The third-order valence-electron chi connectivity index (χ3n) is 4.96. The Morgan fingerprint density at radius 1 is 1.16 bits per heavy atom. The molecule has 1 heterocycles. The van der Waals surface area contributed by atoms with E-state index in [0.29, 0.717) is 19.0 Å². The molecule has 0 bridgehead atoms. The van der Waals surface area contributed by atoms with Crippen LogP contribution in [0.1, 0.15) is 30.0 Å². The summed E-state index contributed by atoms with van der Waals surface area (Å²) in [6.45, 7) is 4.79. The molecule has 0 aromatic heterocycles. The summed E-state index contributed by atoms with van der Waals surface area (Å²) in [6, 6.07) is 15.0.